The lowest BCUT2D eigenvalue weighted by molar-refractivity contribution is 0.445. The Kier molecular flexibility index (Phi) is 2.58. The molecule has 17 heavy (non-hydrogen) atoms. The van der Waals surface area contributed by atoms with E-state index in [1.165, 1.54) is 48.6 Å². The number of benzene rings is 1. The Hall–Kier alpha value is -1.44. The normalized spacial score (nSPS) is 17.7. The zero-order valence-corrected chi connectivity index (χ0v) is 10.4. The van der Waals surface area contributed by atoms with Crippen LogP contribution in [0.15, 0.2) is 24.4 Å². The van der Waals surface area contributed by atoms with Crippen molar-refractivity contribution in [1.82, 2.24) is 4.57 Å². The highest BCUT2D eigenvalue weighted by Crippen LogP contribution is 2.37. The number of anilines is 1. The van der Waals surface area contributed by atoms with Crippen LogP contribution in [0.1, 0.15) is 43.6 Å². The third kappa shape index (κ3) is 1.82. The lowest BCUT2D eigenvalue weighted by Gasteiger charge is -2.21. The molecule has 0 spiro atoms. The molecular formula is C15H20N2. The van der Waals surface area contributed by atoms with E-state index in [0.717, 1.165) is 11.6 Å². The number of aryl methyl sites for hydroxylation is 1. The van der Waals surface area contributed by atoms with Gasteiger partial charge in [0.25, 0.3) is 0 Å². The molecule has 3 rings (SSSR count). The fraction of sp³-hybridized carbons (Fsp3) is 0.467. The Morgan fingerprint density at radius 1 is 1.18 bits per heavy atom. The average Bonchev–Trinajstić information content (AvgIpc) is 2.67. The molecule has 1 saturated carbocycles. The topological polar surface area (TPSA) is 30.9 Å². The molecule has 0 unspecified atom stereocenters. The zero-order valence-electron chi connectivity index (χ0n) is 10.4. The van der Waals surface area contributed by atoms with E-state index in [2.05, 4.69) is 29.9 Å². The summed E-state index contributed by atoms with van der Waals surface area (Å²) in [7, 11) is 2.13. The van der Waals surface area contributed by atoms with Gasteiger partial charge in [-0.05, 0) is 42.5 Å². The zero-order chi connectivity index (χ0) is 11.8. The van der Waals surface area contributed by atoms with Crippen molar-refractivity contribution in [3.05, 3.63) is 30.0 Å². The van der Waals surface area contributed by atoms with E-state index in [9.17, 15) is 0 Å². The predicted octanol–water partition coefficient (Wildman–Crippen LogP) is 3.81. The molecule has 1 aliphatic rings. The van der Waals surface area contributed by atoms with Crippen LogP contribution in [-0.4, -0.2) is 4.57 Å². The van der Waals surface area contributed by atoms with Crippen LogP contribution in [-0.2, 0) is 7.05 Å². The summed E-state index contributed by atoms with van der Waals surface area (Å²) in [5.41, 5.74) is 9.61. The molecule has 2 heteroatoms. The lowest BCUT2D eigenvalue weighted by Crippen LogP contribution is -2.03. The molecule has 2 nitrogen and oxygen atoms in total. The third-order valence-electron chi connectivity index (χ3n) is 4.09. The van der Waals surface area contributed by atoms with Gasteiger partial charge < -0.3 is 10.3 Å². The molecule has 0 atom stereocenters. The Bertz CT molecular complexity index is 533. The van der Waals surface area contributed by atoms with Crippen LogP contribution in [0.3, 0.4) is 0 Å². The number of nitrogens with two attached hydrogens (primary N) is 1. The number of hydrogen-bond donors (Lipinski definition) is 1. The Balaban J connectivity index is 2.11. The summed E-state index contributed by atoms with van der Waals surface area (Å²) < 4.78 is 2.23. The van der Waals surface area contributed by atoms with E-state index in [1.54, 1.807) is 0 Å². The molecule has 2 aromatic rings. The van der Waals surface area contributed by atoms with Crippen molar-refractivity contribution in [2.45, 2.75) is 38.0 Å². The first kappa shape index (κ1) is 10.7. The summed E-state index contributed by atoms with van der Waals surface area (Å²) >= 11 is 0. The first-order chi connectivity index (χ1) is 8.25. The van der Waals surface area contributed by atoms with Crippen LogP contribution in [0.4, 0.5) is 5.69 Å². The maximum atomic E-state index is 5.92. The molecule has 2 N–H and O–H groups in total. The Morgan fingerprint density at radius 3 is 2.71 bits per heavy atom. The number of aromatic nitrogens is 1. The quantitative estimate of drug-likeness (QED) is 0.739. The summed E-state index contributed by atoms with van der Waals surface area (Å²) in [6.45, 7) is 0. The van der Waals surface area contributed by atoms with Gasteiger partial charge in [0.2, 0.25) is 0 Å². The monoisotopic (exact) mass is 228 g/mol. The van der Waals surface area contributed by atoms with Crippen molar-refractivity contribution >= 4 is 16.6 Å². The summed E-state index contributed by atoms with van der Waals surface area (Å²) in [4.78, 5) is 0. The minimum atomic E-state index is 0.745. The van der Waals surface area contributed by atoms with Gasteiger partial charge in [0.05, 0.1) is 0 Å². The van der Waals surface area contributed by atoms with Crippen LogP contribution in [0, 0.1) is 0 Å². The fourth-order valence-electron chi connectivity index (χ4n) is 3.18. The summed E-state index contributed by atoms with van der Waals surface area (Å²) in [5, 5.41) is 1.36. The van der Waals surface area contributed by atoms with E-state index in [4.69, 9.17) is 5.73 Å². The molecule has 0 saturated heterocycles. The molecule has 1 aromatic carbocycles. The second kappa shape index (κ2) is 4.10. The fourth-order valence-corrected chi connectivity index (χ4v) is 3.18. The average molecular weight is 228 g/mol. The van der Waals surface area contributed by atoms with Crippen molar-refractivity contribution in [2.75, 3.05) is 5.73 Å². The van der Waals surface area contributed by atoms with E-state index in [1.807, 2.05) is 6.07 Å². The van der Waals surface area contributed by atoms with E-state index >= 15 is 0 Å². The molecule has 0 bridgehead atoms. The van der Waals surface area contributed by atoms with E-state index in [-0.39, 0.29) is 0 Å². The molecule has 1 aromatic heterocycles. The highest BCUT2D eigenvalue weighted by atomic mass is 14.9. The van der Waals surface area contributed by atoms with Gasteiger partial charge in [0.15, 0.2) is 0 Å². The van der Waals surface area contributed by atoms with Crippen molar-refractivity contribution in [3.63, 3.8) is 0 Å². The maximum Gasteiger partial charge on any atom is 0.0482 e. The van der Waals surface area contributed by atoms with Gasteiger partial charge in [-0.25, -0.2) is 0 Å². The van der Waals surface area contributed by atoms with Crippen LogP contribution in [0.25, 0.3) is 10.9 Å². The third-order valence-corrected chi connectivity index (χ3v) is 4.09. The van der Waals surface area contributed by atoms with Gasteiger partial charge in [0.1, 0.15) is 0 Å². The second-order valence-corrected chi connectivity index (χ2v) is 5.31. The molecule has 90 valence electrons. The minimum Gasteiger partial charge on any atom is -0.399 e. The standard InChI is InChI=1S/C15H20N2/c1-17-10-14(11-5-3-2-4-6-11)13-9-12(16)7-8-15(13)17/h7-11H,2-6,16H2,1H3. The second-order valence-electron chi connectivity index (χ2n) is 5.31. The molecular weight excluding hydrogens is 208 g/mol. The molecule has 0 aliphatic heterocycles. The first-order valence-electron chi connectivity index (χ1n) is 6.60. The minimum absolute atomic E-state index is 0.745. The van der Waals surface area contributed by atoms with Gasteiger partial charge in [-0.1, -0.05) is 19.3 Å². The van der Waals surface area contributed by atoms with Crippen LogP contribution in [0.5, 0.6) is 0 Å². The SMILES string of the molecule is Cn1cc(C2CCCCC2)c2cc(N)ccc21. The van der Waals surface area contributed by atoms with Gasteiger partial charge in [-0.3, -0.25) is 0 Å². The van der Waals surface area contributed by atoms with Crippen molar-refractivity contribution in [2.24, 2.45) is 7.05 Å². The number of nitrogen functional groups attached to an aromatic ring is 1. The molecule has 0 radical (unpaired) electrons. The summed E-state index contributed by atoms with van der Waals surface area (Å²) in [6.07, 6.45) is 9.15. The van der Waals surface area contributed by atoms with Crippen LogP contribution < -0.4 is 5.73 Å². The van der Waals surface area contributed by atoms with Gasteiger partial charge in [0, 0.05) is 29.8 Å². The van der Waals surface area contributed by atoms with Gasteiger partial charge in [-0.2, -0.15) is 0 Å². The highest BCUT2D eigenvalue weighted by molar-refractivity contribution is 5.87. The Labute approximate surface area is 102 Å². The van der Waals surface area contributed by atoms with E-state index < -0.39 is 0 Å². The number of rotatable bonds is 1. The van der Waals surface area contributed by atoms with Crippen LogP contribution >= 0.6 is 0 Å². The van der Waals surface area contributed by atoms with Gasteiger partial charge >= 0.3 is 0 Å². The number of nitrogens with zero attached hydrogens (tertiary/aromatic N) is 1. The Morgan fingerprint density at radius 2 is 1.94 bits per heavy atom. The largest absolute Gasteiger partial charge is 0.399 e. The smallest absolute Gasteiger partial charge is 0.0482 e. The van der Waals surface area contributed by atoms with Gasteiger partial charge in [-0.15, -0.1) is 0 Å². The summed E-state index contributed by atoms with van der Waals surface area (Å²) in [6, 6.07) is 6.27. The lowest BCUT2D eigenvalue weighted by atomic mass is 9.84. The van der Waals surface area contributed by atoms with Crippen molar-refractivity contribution in [3.8, 4) is 0 Å². The number of fused-ring (bicyclic) bond motifs is 1. The first-order valence-corrected chi connectivity index (χ1v) is 6.60. The van der Waals surface area contributed by atoms with Crippen molar-refractivity contribution in [1.29, 1.82) is 0 Å². The van der Waals surface area contributed by atoms with Crippen LogP contribution in [0.2, 0.25) is 0 Å². The molecule has 1 fully saturated rings. The van der Waals surface area contributed by atoms with Crippen molar-refractivity contribution < 1.29 is 0 Å². The predicted molar refractivity (Wildman–Crippen MR) is 73.2 cm³/mol. The maximum absolute atomic E-state index is 5.92. The molecule has 1 aliphatic carbocycles. The number of hydrogen-bond acceptors (Lipinski definition) is 1. The highest BCUT2D eigenvalue weighted by Gasteiger charge is 2.19. The summed E-state index contributed by atoms with van der Waals surface area (Å²) in [5.74, 6) is 0.745. The van der Waals surface area contributed by atoms with E-state index in [0.29, 0.717) is 0 Å². The molecule has 0 amide bonds. The molecule has 1 heterocycles.